The molecule has 17 heavy (non-hydrogen) atoms. The zero-order valence-electron chi connectivity index (χ0n) is 9.27. The number of carbonyl (C=O) groups is 2. The lowest BCUT2D eigenvalue weighted by Crippen LogP contribution is -2.35. The van der Waals surface area contributed by atoms with E-state index in [0.717, 1.165) is 19.4 Å². The van der Waals surface area contributed by atoms with E-state index < -0.39 is 5.97 Å². The van der Waals surface area contributed by atoms with Crippen LogP contribution in [0.4, 0.5) is 5.69 Å². The van der Waals surface area contributed by atoms with E-state index in [4.69, 9.17) is 5.11 Å². The summed E-state index contributed by atoms with van der Waals surface area (Å²) in [5.41, 5.74) is 0.829. The first-order valence-corrected chi connectivity index (χ1v) is 5.54. The van der Waals surface area contributed by atoms with Gasteiger partial charge in [0.05, 0.1) is 11.6 Å². The van der Waals surface area contributed by atoms with Gasteiger partial charge in [0, 0.05) is 5.69 Å². The Morgan fingerprint density at radius 3 is 2.53 bits per heavy atom. The second kappa shape index (κ2) is 4.97. The van der Waals surface area contributed by atoms with E-state index in [1.165, 1.54) is 12.1 Å². The molecule has 0 spiro atoms. The number of anilines is 1. The Labute approximate surface area is 98.8 Å². The largest absolute Gasteiger partial charge is 0.478 e. The standard InChI is InChI=1S/C12H14N2O3/c15-11(10-2-1-7-13-10)14-9-5-3-8(4-6-9)12(16)17/h3-6,10,13H,1-2,7H2,(H,14,15)(H,16,17). The minimum absolute atomic E-state index is 0.0643. The summed E-state index contributed by atoms with van der Waals surface area (Å²) in [6, 6.07) is 6.00. The second-order valence-corrected chi connectivity index (χ2v) is 4.02. The number of carbonyl (C=O) groups excluding carboxylic acids is 1. The minimum atomic E-state index is -0.972. The molecule has 0 radical (unpaired) electrons. The number of hydrogen-bond donors (Lipinski definition) is 3. The highest BCUT2D eigenvalue weighted by atomic mass is 16.4. The molecule has 1 aliphatic heterocycles. The molecule has 1 atom stereocenters. The van der Waals surface area contributed by atoms with Gasteiger partial charge in [-0.3, -0.25) is 4.79 Å². The molecule has 0 aromatic heterocycles. The van der Waals surface area contributed by atoms with Crippen LogP contribution in [0.2, 0.25) is 0 Å². The quantitative estimate of drug-likeness (QED) is 0.731. The summed E-state index contributed by atoms with van der Waals surface area (Å²) in [7, 11) is 0. The van der Waals surface area contributed by atoms with Crippen molar-refractivity contribution in [3.8, 4) is 0 Å². The molecule has 1 heterocycles. The third kappa shape index (κ3) is 2.82. The summed E-state index contributed by atoms with van der Waals surface area (Å²) in [4.78, 5) is 22.4. The van der Waals surface area contributed by atoms with Gasteiger partial charge in [-0.1, -0.05) is 0 Å². The van der Waals surface area contributed by atoms with Gasteiger partial charge in [0.1, 0.15) is 0 Å². The molecule has 2 rings (SSSR count). The van der Waals surface area contributed by atoms with E-state index in [9.17, 15) is 9.59 Å². The monoisotopic (exact) mass is 234 g/mol. The summed E-state index contributed by atoms with van der Waals surface area (Å²) in [6.45, 7) is 0.871. The molecule has 1 aromatic rings. The fraction of sp³-hybridized carbons (Fsp3) is 0.333. The lowest BCUT2D eigenvalue weighted by molar-refractivity contribution is -0.117. The zero-order chi connectivity index (χ0) is 12.3. The van der Waals surface area contributed by atoms with Gasteiger partial charge in [0.2, 0.25) is 5.91 Å². The van der Waals surface area contributed by atoms with Crippen LogP contribution in [0.5, 0.6) is 0 Å². The molecule has 0 saturated carbocycles. The average molecular weight is 234 g/mol. The number of benzene rings is 1. The maximum Gasteiger partial charge on any atom is 0.335 e. The van der Waals surface area contributed by atoms with Crippen LogP contribution in [0.15, 0.2) is 24.3 Å². The van der Waals surface area contributed by atoms with E-state index in [2.05, 4.69) is 10.6 Å². The zero-order valence-corrected chi connectivity index (χ0v) is 9.27. The van der Waals surface area contributed by atoms with Crippen LogP contribution in [0, 0.1) is 0 Å². The fourth-order valence-corrected chi connectivity index (χ4v) is 1.83. The predicted octanol–water partition coefficient (Wildman–Crippen LogP) is 1.08. The number of nitrogens with one attached hydrogen (secondary N) is 2. The Kier molecular flexibility index (Phi) is 3.39. The van der Waals surface area contributed by atoms with Crippen molar-refractivity contribution in [1.82, 2.24) is 5.32 Å². The van der Waals surface area contributed by atoms with E-state index in [1.807, 2.05) is 0 Å². The van der Waals surface area contributed by atoms with E-state index in [-0.39, 0.29) is 17.5 Å². The van der Waals surface area contributed by atoms with Gasteiger partial charge in [-0.05, 0) is 43.7 Å². The molecule has 0 aliphatic carbocycles. The van der Waals surface area contributed by atoms with E-state index in [1.54, 1.807) is 12.1 Å². The number of aromatic carboxylic acids is 1. The molecule has 3 N–H and O–H groups in total. The van der Waals surface area contributed by atoms with Crippen LogP contribution in [0.3, 0.4) is 0 Å². The Bertz CT molecular complexity index is 422. The van der Waals surface area contributed by atoms with Gasteiger partial charge in [-0.25, -0.2) is 4.79 Å². The van der Waals surface area contributed by atoms with Crippen molar-refractivity contribution in [2.45, 2.75) is 18.9 Å². The Balaban J connectivity index is 1.98. The van der Waals surface area contributed by atoms with E-state index in [0.29, 0.717) is 5.69 Å². The van der Waals surface area contributed by atoms with Crippen molar-refractivity contribution < 1.29 is 14.7 Å². The van der Waals surface area contributed by atoms with Gasteiger partial charge in [0.15, 0.2) is 0 Å². The molecule has 1 amide bonds. The molecule has 1 unspecified atom stereocenters. The summed E-state index contributed by atoms with van der Waals surface area (Å²) in [5, 5.41) is 14.6. The van der Waals surface area contributed by atoms with Crippen LogP contribution in [-0.2, 0) is 4.79 Å². The van der Waals surface area contributed by atoms with Crippen LogP contribution in [-0.4, -0.2) is 29.6 Å². The lowest BCUT2D eigenvalue weighted by atomic mass is 10.2. The normalized spacial score (nSPS) is 18.9. The maximum atomic E-state index is 11.7. The Morgan fingerprint density at radius 2 is 2.00 bits per heavy atom. The van der Waals surface area contributed by atoms with Crippen molar-refractivity contribution in [3.05, 3.63) is 29.8 Å². The number of rotatable bonds is 3. The molecule has 1 fully saturated rings. The SMILES string of the molecule is O=C(O)c1ccc(NC(=O)C2CCCN2)cc1. The number of hydrogen-bond acceptors (Lipinski definition) is 3. The highest BCUT2D eigenvalue weighted by Crippen LogP contribution is 2.12. The minimum Gasteiger partial charge on any atom is -0.478 e. The van der Waals surface area contributed by atoms with Gasteiger partial charge in [0.25, 0.3) is 0 Å². The molecule has 1 aromatic carbocycles. The summed E-state index contributed by atoms with van der Waals surface area (Å²) in [6.07, 6.45) is 1.86. The van der Waals surface area contributed by atoms with Crippen molar-refractivity contribution >= 4 is 17.6 Å². The molecular formula is C12H14N2O3. The molecule has 0 bridgehead atoms. The highest BCUT2D eigenvalue weighted by Gasteiger charge is 2.21. The second-order valence-electron chi connectivity index (χ2n) is 4.02. The van der Waals surface area contributed by atoms with Gasteiger partial charge in [-0.15, -0.1) is 0 Å². The topological polar surface area (TPSA) is 78.4 Å². The van der Waals surface area contributed by atoms with Gasteiger partial charge < -0.3 is 15.7 Å². The van der Waals surface area contributed by atoms with Crippen molar-refractivity contribution in [2.24, 2.45) is 0 Å². The summed E-state index contributed by atoms with van der Waals surface area (Å²) < 4.78 is 0. The first-order valence-electron chi connectivity index (χ1n) is 5.54. The van der Waals surface area contributed by atoms with Crippen LogP contribution in [0.1, 0.15) is 23.2 Å². The molecule has 1 aliphatic rings. The summed E-state index contributed by atoms with van der Waals surface area (Å²) in [5.74, 6) is -1.04. The predicted molar refractivity (Wildman–Crippen MR) is 63.1 cm³/mol. The summed E-state index contributed by atoms with van der Waals surface area (Å²) >= 11 is 0. The van der Waals surface area contributed by atoms with Gasteiger partial charge in [-0.2, -0.15) is 0 Å². The number of carboxylic acid groups (broad SMARTS) is 1. The van der Waals surface area contributed by atoms with Crippen LogP contribution >= 0.6 is 0 Å². The average Bonchev–Trinajstić information content (AvgIpc) is 2.83. The first-order chi connectivity index (χ1) is 8.16. The number of carboxylic acids is 1. The van der Waals surface area contributed by atoms with Crippen molar-refractivity contribution in [2.75, 3.05) is 11.9 Å². The van der Waals surface area contributed by atoms with Gasteiger partial charge >= 0.3 is 5.97 Å². The third-order valence-electron chi connectivity index (χ3n) is 2.78. The Hall–Kier alpha value is -1.88. The van der Waals surface area contributed by atoms with Crippen molar-refractivity contribution in [3.63, 3.8) is 0 Å². The molecule has 1 saturated heterocycles. The molecule has 5 heteroatoms. The third-order valence-corrected chi connectivity index (χ3v) is 2.78. The highest BCUT2D eigenvalue weighted by molar-refractivity contribution is 5.95. The molecular weight excluding hydrogens is 220 g/mol. The smallest absolute Gasteiger partial charge is 0.335 e. The Morgan fingerprint density at radius 1 is 1.29 bits per heavy atom. The van der Waals surface area contributed by atoms with E-state index >= 15 is 0 Å². The van der Waals surface area contributed by atoms with Crippen LogP contribution in [0.25, 0.3) is 0 Å². The molecule has 5 nitrogen and oxygen atoms in total. The number of amides is 1. The fourth-order valence-electron chi connectivity index (χ4n) is 1.83. The molecule has 90 valence electrons. The van der Waals surface area contributed by atoms with Crippen LogP contribution < -0.4 is 10.6 Å². The maximum absolute atomic E-state index is 11.7. The van der Waals surface area contributed by atoms with Crippen molar-refractivity contribution in [1.29, 1.82) is 0 Å². The first kappa shape index (κ1) is 11.6. The lowest BCUT2D eigenvalue weighted by Gasteiger charge is -2.10.